The van der Waals surface area contributed by atoms with Gasteiger partial charge in [-0.05, 0) is 55.5 Å². The van der Waals surface area contributed by atoms with Gasteiger partial charge in [-0.3, -0.25) is 4.79 Å². The van der Waals surface area contributed by atoms with Crippen molar-refractivity contribution in [3.05, 3.63) is 35.4 Å². The molecule has 1 amide bonds. The van der Waals surface area contributed by atoms with Crippen molar-refractivity contribution in [2.75, 3.05) is 20.1 Å². The van der Waals surface area contributed by atoms with Crippen molar-refractivity contribution in [3.8, 4) is 0 Å². The van der Waals surface area contributed by atoms with Gasteiger partial charge in [-0.15, -0.1) is 12.4 Å². The van der Waals surface area contributed by atoms with Gasteiger partial charge in [0.25, 0.3) is 5.91 Å². The van der Waals surface area contributed by atoms with Crippen LogP contribution in [0.5, 0.6) is 0 Å². The smallest absolute Gasteiger partial charge is 0.253 e. The quantitative estimate of drug-likeness (QED) is 0.901. The molecule has 1 unspecified atom stereocenters. The zero-order valence-corrected chi connectivity index (χ0v) is 15.0. The van der Waals surface area contributed by atoms with E-state index in [9.17, 15) is 4.79 Å². The third-order valence-electron chi connectivity index (χ3n) is 4.41. The highest BCUT2D eigenvalue weighted by Crippen LogP contribution is 2.23. The highest BCUT2D eigenvalue weighted by molar-refractivity contribution is 5.94. The number of amides is 1. The van der Waals surface area contributed by atoms with Crippen LogP contribution in [0, 0.1) is 0 Å². The molecular weight excluding hydrogens is 296 g/mol. The van der Waals surface area contributed by atoms with Gasteiger partial charge in [0.05, 0.1) is 0 Å². The van der Waals surface area contributed by atoms with E-state index in [1.54, 1.807) is 0 Å². The van der Waals surface area contributed by atoms with E-state index in [2.05, 4.69) is 38.2 Å². The normalized spacial score (nSPS) is 19.0. The molecule has 3 nitrogen and oxygen atoms in total. The Hall–Kier alpha value is -1.06. The zero-order chi connectivity index (χ0) is 15.5. The summed E-state index contributed by atoms with van der Waals surface area (Å²) in [6.45, 7) is 8.64. The minimum Gasteiger partial charge on any atom is -0.339 e. The number of halogens is 1. The van der Waals surface area contributed by atoms with Crippen LogP contribution in [0.1, 0.15) is 56.0 Å². The fraction of sp³-hybridized carbons (Fsp3) is 0.611. The second-order valence-corrected chi connectivity index (χ2v) is 7.08. The molecule has 124 valence electrons. The highest BCUT2D eigenvalue weighted by atomic mass is 35.5. The van der Waals surface area contributed by atoms with E-state index in [1.165, 1.54) is 5.56 Å². The molecular formula is C18H29ClN2O. The standard InChI is InChI=1S/C18H28N2O.ClH/c1-18(2,3)15-9-7-14(8-10-15)17(21)20(4)16-6-5-12-19-13-11-16;/h7-10,16,19H,5-6,11-13H2,1-4H3;1H. The summed E-state index contributed by atoms with van der Waals surface area (Å²) in [4.78, 5) is 14.6. The molecule has 1 N–H and O–H groups in total. The lowest BCUT2D eigenvalue weighted by Gasteiger charge is -2.27. The Balaban J connectivity index is 0.00000242. The second-order valence-electron chi connectivity index (χ2n) is 7.08. The molecule has 1 atom stereocenters. The van der Waals surface area contributed by atoms with Gasteiger partial charge >= 0.3 is 0 Å². The van der Waals surface area contributed by atoms with Gasteiger partial charge in [-0.1, -0.05) is 32.9 Å². The minimum absolute atomic E-state index is 0. The van der Waals surface area contributed by atoms with Crippen LogP contribution >= 0.6 is 12.4 Å². The van der Waals surface area contributed by atoms with E-state index in [1.807, 2.05) is 24.1 Å². The molecule has 0 aromatic heterocycles. The second kappa shape index (κ2) is 7.98. The van der Waals surface area contributed by atoms with E-state index in [0.29, 0.717) is 6.04 Å². The molecule has 0 spiro atoms. The first-order chi connectivity index (χ1) is 9.89. The first-order valence-corrected chi connectivity index (χ1v) is 7.98. The first-order valence-electron chi connectivity index (χ1n) is 7.98. The minimum atomic E-state index is 0. The van der Waals surface area contributed by atoms with Gasteiger partial charge in [-0.25, -0.2) is 0 Å². The van der Waals surface area contributed by atoms with Crippen LogP contribution in [-0.2, 0) is 5.41 Å². The summed E-state index contributed by atoms with van der Waals surface area (Å²) < 4.78 is 0. The number of carbonyl (C=O) groups excluding carboxylic acids is 1. The van der Waals surface area contributed by atoms with Crippen LogP contribution in [0.3, 0.4) is 0 Å². The van der Waals surface area contributed by atoms with E-state index in [4.69, 9.17) is 0 Å². The third kappa shape index (κ3) is 4.72. The van der Waals surface area contributed by atoms with E-state index < -0.39 is 0 Å². The van der Waals surface area contributed by atoms with Crippen LogP contribution in [0.25, 0.3) is 0 Å². The third-order valence-corrected chi connectivity index (χ3v) is 4.41. The lowest BCUT2D eigenvalue weighted by molar-refractivity contribution is 0.0720. The van der Waals surface area contributed by atoms with Gasteiger partial charge in [0.1, 0.15) is 0 Å². The van der Waals surface area contributed by atoms with Crippen molar-refractivity contribution in [1.29, 1.82) is 0 Å². The molecule has 0 radical (unpaired) electrons. The van der Waals surface area contributed by atoms with Crippen LogP contribution < -0.4 is 5.32 Å². The van der Waals surface area contributed by atoms with E-state index in [0.717, 1.165) is 37.9 Å². The SMILES string of the molecule is CN(C(=O)c1ccc(C(C)(C)C)cc1)C1CCCNCC1.Cl. The molecule has 1 aromatic carbocycles. The lowest BCUT2D eigenvalue weighted by atomic mass is 9.86. The summed E-state index contributed by atoms with van der Waals surface area (Å²) in [6.07, 6.45) is 3.28. The summed E-state index contributed by atoms with van der Waals surface area (Å²) >= 11 is 0. The van der Waals surface area contributed by atoms with Crippen molar-refractivity contribution in [3.63, 3.8) is 0 Å². The van der Waals surface area contributed by atoms with Gasteiger partial charge in [0.2, 0.25) is 0 Å². The predicted octanol–water partition coefficient (Wildman–Crippen LogP) is 3.62. The molecule has 22 heavy (non-hydrogen) atoms. The molecule has 1 saturated heterocycles. The number of carbonyl (C=O) groups is 1. The summed E-state index contributed by atoms with van der Waals surface area (Å²) in [7, 11) is 1.94. The fourth-order valence-electron chi connectivity index (χ4n) is 2.87. The van der Waals surface area contributed by atoms with Crippen molar-refractivity contribution in [2.24, 2.45) is 0 Å². The van der Waals surface area contributed by atoms with Crippen LogP contribution in [0.15, 0.2) is 24.3 Å². The van der Waals surface area contributed by atoms with Gasteiger partial charge in [0.15, 0.2) is 0 Å². The predicted molar refractivity (Wildman–Crippen MR) is 95.0 cm³/mol. The number of nitrogens with zero attached hydrogens (tertiary/aromatic N) is 1. The molecule has 1 aliphatic rings. The topological polar surface area (TPSA) is 32.3 Å². The molecule has 2 rings (SSSR count). The first kappa shape index (κ1) is 19.0. The number of hydrogen-bond donors (Lipinski definition) is 1. The molecule has 1 aromatic rings. The maximum atomic E-state index is 12.6. The zero-order valence-electron chi connectivity index (χ0n) is 14.2. The van der Waals surface area contributed by atoms with Crippen molar-refractivity contribution in [1.82, 2.24) is 10.2 Å². The fourth-order valence-corrected chi connectivity index (χ4v) is 2.87. The maximum absolute atomic E-state index is 12.6. The van der Waals surface area contributed by atoms with Gasteiger partial charge in [0, 0.05) is 18.7 Å². The largest absolute Gasteiger partial charge is 0.339 e. The summed E-state index contributed by atoms with van der Waals surface area (Å²) in [6, 6.07) is 8.45. The Morgan fingerprint density at radius 1 is 1.14 bits per heavy atom. The number of hydrogen-bond acceptors (Lipinski definition) is 2. The molecule has 1 fully saturated rings. The number of rotatable bonds is 2. The van der Waals surface area contributed by atoms with E-state index in [-0.39, 0.29) is 23.7 Å². The van der Waals surface area contributed by atoms with Crippen molar-refractivity contribution >= 4 is 18.3 Å². The summed E-state index contributed by atoms with van der Waals surface area (Å²) in [5.41, 5.74) is 2.18. The van der Waals surface area contributed by atoms with Crippen LogP contribution in [0.4, 0.5) is 0 Å². The van der Waals surface area contributed by atoms with E-state index >= 15 is 0 Å². The maximum Gasteiger partial charge on any atom is 0.253 e. The number of nitrogens with one attached hydrogen (secondary N) is 1. The van der Waals surface area contributed by atoms with Crippen LogP contribution in [0.2, 0.25) is 0 Å². The average Bonchev–Trinajstić information content (AvgIpc) is 2.74. The average molecular weight is 325 g/mol. The molecule has 0 aliphatic carbocycles. The Morgan fingerprint density at radius 3 is 2.36 bits per heavy atom. The highest BCUT2D eigenvalue weighted by Gasteiger charge is 2.22. The van der Waals surface area contributed by atoms with Gasteiger partial charge in [-0.2, -0.15) is 0 Å². The molecule has 0 saturated carbocycles. The molecule has 4 heteroatoms. The Labute approximate surface area is 140 Å². The number of benzene rings is 1. The van der Waals surface area contributed by atoms with Crippen molar-refractivity contribution in [2.45, 2.75) is 51.5 Å². The Kier molecular flexibility index (Phi) is 6.89. The summed E-state index contributed by atoms with van der Waals surface area (Å²) in [5, 5.41) is 3.40. The van der Waals surface area contributed by atoms with Crippen molar-refractivity contribution < 1.29 is 4.79 Å². The summed E-state index contributed by atoms with van der Waals surface area (Å²) in [5.74, 6) is 0.141. The molecule has 0 bridgehead atoms. The van der Waals surface area contributed by atoms with Crippen LogP contribution in [-0.4, -0.2) is 37.0 Å². The molecule has 1 aliphatic heterocycles. The Bertz CT molecular complexity index is 471. The van der Waals surface area contributed by atoms with Gasteiger partial charge < -0.3 is 10.2 Å². The monoisotopic (exact) mass is 324 g/mol. The lowest BCUT2D eigenvalue weighted by Crippen LogP contribution is -2.37. The molecule has 1 heterocycles. The Morgan fingerprint density at radius 2 is 1.77 bits per heavy atom.